The summed E-state index contributed by atoms with van der Waals surface area (Å²) in [6.07, 6.45) is 0. The number of halogens is 1. The molecular formula is C11H11FN2O3. The number of amides is 2. The van der Waals surface area contributed by atoms with Gasteiger partial charge in [0, 0.05) is 0 Å². The minimum atomic E-state index is -1.10. The van der Waals surface area contributed by atoms with Crippen LogP contribution in [0.25, 0.3) is 0 Å². The Balaban J connectivity index is 2.34. The number of carboxylic acid groups (broad SMARTS) is 1. The zero-order valence-corrected chi connectivity index (χ0v) is 9.16. The fraction of sp³-hybridized carbons (Fsp3) is 0.273. The summed E-state index contributed by atoms with van der Waals surface area (Å²) < 4.78 is 13.2. The first kappa shape index (κ1) is 11.4. The first-order chi connectivity index (χ1) is 7.97. The Morgan fingerprint density at radius 2 is 2.29 bits per heavy atom. The van der Waals surface area contributed by atoms with Gasteiger partial charge in [-0.1, -0.05) is 0 Å². The van der Waals surface area contributed by atoms with Crippen molar-refractivity contribution >= 4 is 17.7 Å². The minimum Gasteiger partial charge on any atom is -0.480 e. The lowest BCUT2D eigenvalue weighted by Gasteiger charge is -2.29. The second kappa shape index (κ2) is 4.04. The second-order valence-corrected chi connectivity index (χ2v) is 3.94. The Labute approximate surface area is 96.8 Å². The van der Waals surface area contributed by atoms with Gasteiger partial charge in [-0.25, -0.2) is 9.18 Å². The number of benzene rings is 1. The molecule has 0 radical (unpaired) electrons. The minimum absolute atomic E-state index is 0.103. The van der Waals surface area contributed by atoms with Gasteiger partial charge in [-0.3, -0.25) is 4.79 Å². The van der Waals surface area contributed by atoms with E-state index in [0.717, 1.165) is 4.90 Å². The number of aliphatic carboxylic acids is 1. The standard InChI is InChI=1S/C11H11FN2O3/c1-6-2-8(12)3-7-4-14(5-9(15)16)11(17)13-10(6)7/h2-3H,4-5H2,1H3,(H,13,17)(H,15,16). The molecule has 0 unspecified atom stereocenters. The molecule has 0 spiro atoms. The molecule has 1 heterocycles. The number of carboxylic acids is 1. The average molecular weight is 238 g/mol. The van der Waals surface area contributed by atoms with Gasteiger partial charge in [-0.15, -0.1) is 0 Å². The van der Waals surface area contributed by atoms with Gasteiger partial charge in [0.1, 0.15) is 12.4 Å². The van der Waals surface area contributed by atoms with Crippen LogP contribution in [0.1, 0.15) is 11.1 Å². The third-order valence-corrected chi connectivity index (χ3v) is 2.59. The quantitative estimate of drug-likeness (QED) is 0.821. The first-order valence-electron chi connectivity index (χ1n) is 5.04. The molecule has 6 heteroatoms. The van der Waals surface area contributed by atoms with Crippen LogP contribution in [0.5, 0.6) is 0 Å². The molecule has 90 valence electrons. The van der Waals surface area contributed by atoms with Crippen molar-refractivity contribution in [2.24, 2.45) is 0 Å². The molecule has 0 atom stereocenters. The molecule has 0 saturated heterocycles. The number of aryl methyl sites for hydroxylation is 1. The maximum Gasteiger partial charge on any atom is 0.323 e. The predicted molar refractivity (Wildman–Crippen MR) is 58.2 cm³/mol. The van der Waals surface area contributed by atoms with E-state index in [2.05, 4.69) is 5.32 Å². The number of nitrogens with one attached hydrogen (secondary N) is 1. The van der Waals surface area contributed by atoms with Gasteiger partial charge in [0.15, 0.2) is 0 Å². The number of hydrogen-bond acceptors (Lipinski definition) is 2. The molecule has 1 aliphatic rings. The molecule has 1 aromatic carbocycles. The number of fused-ring (bicyclic) bond motifs is 1. The van der Waals surface area contributed by atoms with E-state index in [-0.39, 0.29) is 6.54 Å². The summed E-state index contributed by atoms with van der Waals surface area (Å²) in [4.78, 5) is 23.3. The van der Waals surface area contributed by atoms with Crippen molar-refractivity contribution < 1.29 is 19.1 Å². The normalized spacial score (nSPS) is 14.2. The van der Waals surface area contributed by atoms with Crippen molar-refractivity contribution in [1.82, 2.24) is 4.90 Å². The highest BCUT2D eigenvalue weighted by Gasteiger charge is 2.25. The van der Waals surface area contributed by atoms with E-state index in [1.54, 1.807) is 6.92 Å². The molecule has 17 heavy (non-hydrogen) atoms. The van der Waals surface area contributed by atoms with Gasteiger partial charge in [0.25, 0.3) is 0 Å². The lowest BCUT2D eigenvalue weighted by molar-refractivity contribution is -0.137. The molecular weight excluding hydrogens is 227 g/mol. The molecule has 1 aliphatic heterocycles. The highest BCUT2D eigenvalue weighted by molar-refractivity contribution is 5.94. The smallest absolute Gasteiger partial charge is 0.323 e. The Kier molecular flexibility index (Phi) is 2.71. The molecule has 0 saturated carbocycles. The number of urea groups is 1. The van der Waals surface area contributed by atoms with Crippen LogP contribution in [0.4, 0.5) is 14.9 Å². The van der Waals surface area contributed by atoms with Crippen LogP contribution in [0.3, 0.4) is 0 Å². The largest absolute Gasteiger partial charge is 0.480 e. The van der Waals surface area contributed by atoms with Crippen molar-refractivity contribution in [1.29, 1.82) is 0 Å². The lowest BCUT2D eigenvalue weighted by atomic mass is 10.1. The van der Waals surface area contributed by atoms with Crippen molar-refractivity contribution in [2.75, 3.05) is 11.9 Å². The number of carbonyl (C=O) groups is 2. The highest BCUT2D eigenvalue weighted by atomic mass is 19.1. The van der Waals surface area contributed by atoms with Crippen molar-refractivity contribution in [3.05, 3.63) is 29.1 Å². The van der Waals surface area contributed by atoms with Crippen LogP contribution in [-0.4, -0.2) is 28.6 Å². The van der Waals surface area contributed by atoms with Gasteiger partial charge >= 0.3 is 12.0 Å². The highest BCUT2D eigenvalue weighted by Crippen LogP contribution is 2.27. The van der Waals surface area contributed by atoms with E-state index >= 15 is 0 Å². The molecule has 1 aromatic rings. The fourth-order valence-corrected chi connectivity index (χ4v) is 1.87. The van der Waals surface area contributed by atoms with E-state index in [0.29, 0.717) is 16.8 Å². The summed E-state index contributed by atoms with van der Waals surface area (Å²) in [7, 11) is 0. The van der Waals surface area contributed by atoms with Crippen molar-refractivity contribution in [2.45, 2.75) is 13.5 Å². The van der Waals surface area contributed by atoms with Crippen molar-refractivity contribution in [3.8, 4) is 0 Å². The molecule has 2 rings (SSSR count). The van der Waals surface area contributed by atoms with Gasteiger partial charge < -0.3 is 15.3 Å². The Morgan fingerprint density at radius 3 is 2.94 bits per heavy atom. The van der Waals surface area contributed by atoms with Gasteiger partial charge in [-0.05, 0) is 30.2 Å². The van der Waals surface area contributed by atoms with Gasteiger partial charge in [0.2, 0.25) is 0 Å². The third kappa shape index (κ3) is 2.20. The number of carbonyl (C=O) groups excluding carboxylic acids is 1. The van der Waals surface area contributed by atoms with Crippen LogP contribution in [0.2, 0.25) is 0 Å². The van der Waals surface area contributed by atoms with Crippen LogP contribution < -0.4 is 5.32 Å². The van der Waals surface area contributed by atoms with Gasteiger partial charge in [-0.2, -0.15) is 0 Å². The number of hydrogen-bond donors (Lipinski definition) is 2. The van der Waals surface area contributed by atoms with E-state index in [9.17, 15) is 14.0 Å². The van der Waals surface area contributed by atoms with E-state index in [4.69, 9.17) is 5.11 Å². The summed E-state index contributed by atoms with van der Waals surface area (Å²) in [5, 5.41) is 11.2. The SMILES string of the molecule is Cc1cc(F)cc2c1NC(=O)N(CC(=O)O)C2. The van der Waals surface area contributed by atoms with E-state index in [1.165, 1.54) is 12.1 Å². The summed E-state index contributed by atoms with van der Waals surface area (Å²) in [5.74, 6) is -1.50. The number of rotatable bonds is 2. The Morgan fingerprint density at radius 1 is 1.59 bits per heavy atom. The average Bonchev–Trinajstić information content (AvgIpc) is 2.20. The molecule has 2 N–H and O–H groups in total. The van der Waals surface area contributed by atoms with E-state index in [1.807, 2.05) is 0 Å². The molecule has 0 aliphatic carbocycles. The zero-order chi connectivity index (χ0) is 12.6. The predicted octanol–water partition coefficient (Wildman–Crippen LogP) is 1.57. The molecule has 2 amide bonds. The molecule has 5 nitrogen and oxygen atoms in total. The zero-order valence-electron chi connectivity index (χ0n) is 9.16. The Hall–Kier alpha value is -2.11. The lowest BCUT2D eigenvalue weighted by Crippen LogP contribution is -2.41. The summed E-state index contributed by atoms with van der Waals surface area (Å²) >= 11 is 0. The summed E-state index contributed by atoms with van der Waals surface area (Å²) in [6, 6.07) is 2.15. The van der Waals surface area contributed by atoms with Crippen LogP contribution in [0.15, 0.2) is 12.1 Å². The van der Waals surface area contributed by atoms with Crippen molar-refractivity contribution in [3.63, 3.8) is 0 Å². The monoisotopic (exact) mass is 238 g/mol. The summed E-state index contributed by atoms with van der Waals surface area (Å²) in [5.41, 5.74) is 1.78. The fourth-order valence-electron chi connectivity index (χ4n) is 1.87. The maximum atomic E-state index is 13.2. The van der Waals surface area contributed by atoms with Crippen LogP contribution in [-0.2, 0) is 11.3 Å². The van der Waals surface area contributed by atoms with Gasteiger partial charge in [0.05, 0.1) is 12.2 Å². The molecule has 0 aromatic heterocycles. The van der Waals surface area contributed by atoms with E-state index < -0.39 is 24.4 Å². The summed E-state index contributed by atoms with van der Waals surface area (Å²) in [6.45, 7) is 1.39. The topological polar surface area (TPSA) is 69.6 Å². The van der Waals surface area contributed by atoms with Crippen LogP contribution in [0, 0.1) is 12.7 Å². The molecule has 0 bridgehead atoms. The first-order valence-corrected chi connectivity index (χ1v) is 5.04. The van der Waals surface area contributed by atoms with Crippen LogP contribution >= 0.6 is 0 Å². The second-order valence-electron chi connectivity index (χ2n) is 3.94. The molecule has 0 fully saturated rings. The number of anilines is 1. The number of nitrogens with zero attached hydrogens (tertiary/aromatic N) is 1. The third-order valence-electron chi connectivity index (χ3n) is 2.59. The Bertz CT molecular complexity index is 502. The maximum absolute atomic E-state index is 13.2.